The maximum atomic E-state index is 11.8. The van der Waals surface area contributed by atoms with Crippen molar-refractivity contribution in [3.05, 3.63) is 18.2 Å². The van der Waals surface area contributed by atoms with Crippen molar-refractivity contribution in [2.45, 2.75) is 23.1 Å². The number of aliphatic hydroxyl groups is 1. The Balaban J connectivity index is 2.93. The highest BCUT2D eigenvalue weighted by Crippen LogP contribution is 2.28. The van der Waals surface area contributed by atoms with Crippen LogP contribution in [0.25, 0.3) is 0 Å². The van der Waals surface area contributed by atoms with Gasteiger partial charge in [-0.2, -0.15) is 0 Å². The van der Waals surface area contributed by atoms with Crippen molar-refractivity contribution in [2.75, 3.05) is 24.6 Å². The topological polar surface area (TPSA) is 92.4 Å². The van der Waals surface area contributed by atoms with E-state index in [2.05, 4.69) is 4.72 Å². The Kier molecular flexibility index (Phi) is 5.94. The number of sulfonamides is 1. The number of benzene rings is 1. The molecule has 0 heterocycles. The quantitative estimate of drug-likeness (QED) is 0.396. The molecule has 1 aromatic rings. The molecule has 0 radical (unpaired) electrons. The van der Waals surface area contributed by atoms with Gasteiger partial charge in [0.1, 0.15) is 0 Å². The van der Waals surface area contributed by atoms with Crippen LogP contribution >= 0.6 is 11.8 Å². The van der Waals surface area contributed by atoms with Crippen molar-refractivity contribution in [1.82, 2.24) is 4.72 Å². The number of hydrogen-bond donors (Lipinski definition) is 3. The molecule has 0 aliphatic heterocycles. The molecule has 0 saturated heterocycles. The van der Waals surface area contributed by atoms with Crippen LogP contribution in [0.5, 0.6) is 0 Å². The van der Waals surface area contributed by atoms with E-state index in [0.29, 0.717) is 24.4 Å². The Hall–Kier alpha value is -0.760. The van der Waals surface area contributed by atoms with Crippen molar-refractivity contribution in [3.63, 3.8) is 0 Å². The molecule has 0 spiro atoms. The second-order valence-electron chi connectivity index (χ2n) is 3.63. The smallest absolute Gasteiger partial charge is 0.240 e. The van der Waals surface area contributed by atoms with Crippen LogP contribution in [-0.2, 0) is 10.0 Å². The van der Waals surface area contributed by atoms with Crippen molar-refractivity contribution in [2.24, 2.45) is 0 Å². The molecule has 102 valence electrons. The van der Waals surface area contributed by atoms with Crippen LogP contribution in [0.2, 0.25) is 0 Å². The number of aliphatic hydroxyl groups excluding tert-OH is 1. The van der Waals surface area contributed by atoms with Crippen molar-refractivity contribution >= 4 is 27.5 Å². The van der Waals surface area contributed by atoms with Gasteiger partial charge in [0, 0.05) is 29.5 Å². The van der Waals surface area contributed by atoms with E-state index in [0.717, 1.165) is 4.90 Å². The van der Waals surface area contributed by atoms with E-state index in [1.54, 1.807) is 19.1 Å². The summed E-state index contributed by atoms with van der Waals surface area (Å²) < 4.78 is 26.1. The zero-order valence-electron chi connectivity index (χ0n) is 10.2. The fraction of sp³-hybridized carbons (Fsp3) is 0.455. The third kappa shape index (κ3) is 4.16. The lowest BCUT2D eigenvalue weighted by Gasteiger charge is -2.09. The fourth-order valence-electron chi connectivity index (χ4n) is 1.33. The van der Waals surface area contributed by atoms with Crippen molar-refractivity contribution < 1.29 is 13.5 Å². The zero-order valence-corrected chi connectivity index (χ0v) is 11.9. The Labute approximate surface area is 112 Å². The third-order valence-electron chi connectivity index (χ3n) is 2.19. The van der Waals surface area contributed by atoms with Crippen LogP contribution in [-0.4, -0.2) is 32.4 Å². The molecular weight excluding hydrogens is 272 g/mol. The molecule has 0 amide bonds. The minimum Gasteiger partial charge on any atom is -0.398 e. The Morgan fingerprint density at radius 3 is 2.78 bits per heavy atom. The first-order chi connectivity index (χ1) is 8.51. The van der Waals surface area contributed by atoms with Gasteiger partial charge in [-0.25, -0.2) is 13.1 Å². The summed E-state index contributed by atoms with van der Waals surface area (Å²) in [5, 5.41) is 8.72. The SMILES string of the molecule is CCNS(=O)(=O)c1ccc(N)c(SCCCO)c1. The van der Waals surface area contributed by atoms with Crippen LogP contribution in [0.4, 0.5) is 5.69 Å². The molecule has 0 saturated carbocycles. The summed E-state index contributed by atoms with van der Waals surface area (Å²) in [4.78, 5) is 0.937. The molecular formula is C11H18N2O3S2. The van der Waals surface area contributed by atoms with E-state index in [4.69, 9.17) is 10.8 Å². The average Bonchev–Trinajstić information content (AvgIpc) is 2.31. The van der Waals surface area contributed by atoms with Gasteiger partial charge >= 0.3 is 0 Å². The Morgan fingerprint density at radius 1 is 1.44 bits per heavy atom. The fourth-order valence-corrected chi connectivity index (χ4v) is 3.41. The monoisotopic (exact) mass is 290 g/mol. The van der Waals surface area contributed by atoms with Gasteiger partial charge in [0.25, 0.3) is 0 Å². The first-order valence-electron chi connectivity index (χ1n) is 5.64. The van der Waals surface area contributed by atoms with Crippen LogP contribution in [0.3, 0.4) is 0 Å². The van der Waals surface area contributed by atoms with Gasteiger partial charge in [0.05, 0.1) is 4.90 Å². The van der Waals surface area contributed by atoms with E-state index < -0.39 is 10.0 Å². The highest BCUT2D eigenvalue weighted by Gasteiger charge is 2.14. The van der Waals surface area contributed by atoms with Crippen molar-refractivity contribution in [3.8, 4) is 0 Å². The molecule has 18 heavy (non-hydrogen) atoms. The zero-order chi connectivity index (χ0) is 13.6. The summed E-state index contributed by atoms with van der Waals surface area (Å²) in [6.45, 7) is 2.19. The summed E-state index contributed by atoms with van der Waals surface area (Å²) in [6, 6.07) is 4.64. The lowest BCUT2D eigenvalue weighted by atomic mass is 10.3. The number of rotatable bonds is 7. The number of hydrogen-bond acceptors (Lipinski definition) is 5. The van der Waals surface area contributed by atoms with Gasteiger partial charge in [0.2, 0.25) is 10.0 Å². The molecule has 5 nitrogen and oxygen atoms in total. The predicted octanol–water partition coefficient (Wildman–Crippen LogP) is 1.04. The molecule has 0 aliphatic carbocycles. The number of nitrogen functional groups attached to an aromatic ring is 1. The molecule has 1 rings (SSSR count). The summed E-state index contributed by atoms with van der Waals surface area (Å²) in [7, 11) is -3.45. The molecule has 0 unspecified atom stereocenters. The summed E-state index contributed by atoms with van der Waals surface area (Å²) in [5.41, 5.74) is 6.34. The van der Waals surface area contributed by atoms with Gasteiger partial charge in [0.15, 0.2) is 0 Å². The van der Waals surface area contributed by atoms with Gasteiger partial charge in [-0.3, -0.25) is 0 Å². The highest BCUT2D eigenvalue weighted by molar-refractivity contribution is 7.99. The van der Waals surface area contributed by atoms with E-state index in [1.807, 2.05) is 0 Å². The van der Waals surface area contributed by atoms with Crippen LogP contribution in [0.1, 0.15) is 13.3 Å². The second-order valence-corrected chi connectivity index (χ2v) is 6.53. The molecule has 0 atom stereocenters. The maximum absolute atomic E-state index is 11.8. The second kappa shape index (κ2) is 6.98. The van der Waals surface area contributed by atoms with E-state index in [9.17, 15) is 8.42 Å². The van der Waals surface area contributed by atoms with Gasteiger partial charge in [-0.05, 0) is 24.6 Å². The largest absolute Gasteiger partial charge is 0.398 e. The molecule has 0 bridgehead atoms. The number of nitrogens with one attached hydrogen (secondary N) is 1. The normalized spacial score (nSPS) is 11.7. The first kappa shape index (κ1) is 15.3. The number of thioether (sulfide) groups is 1. The lowest BCUT2D eigenvalue weighted by Crippen LogP contribution is -2.23. The first-order valence-corrected chi connectivity index (χ1v) is 8.11. The number of anilines is 1. The van der Waals surface area contributed by atoms with Gasteiger partial charge in [-0.1, -0.05) is 6.92 Å². The van der Waals surface area contributed by atoms with Gasteiger partial charge in [-0.15, -0.1) is 11.8 Å². The number of nitrogens with two attached hydrogens (primary N) is 1. The molecule has 0 aliphatic rings. The summed E-state index contributed by atoms with van der Waals surface area (Å²) in [5.74, 6) is 0.700. The average molecular weight is 290 g/mol. The van der Waals surface area contributed by atoms with Crippen molar-refractivity contribution in [1.29, 1.82) is 0 Å². The summed E-state index contributed by atoms with van der Waals surface area (Å²) in [6.07, 6.45) is 0.647. The van der Waals surface area contributed by atoms with E-state index in [1.165, 1.54) is 17.8 Å². The predicted molar refractivity (Wildman–Crippen MR) is 74.1 cm³/mol. The highest BCUT2D eigenvalue weighted by atomic mass is 32.2. The maximum Gasteiger partial charge on any atom is 0.240 e. The molecule has 4 N–H and O–H groups in total. The molecule has 7 heteroatoms. The standard InChI is InChI=1S/C11H18N2O3S2/c1-2-13-18(15,16)9-4-5-10(12)11(8-9)17-7-3-6-14/h4-5,8,13-14H,2-3,6-7,12H2,1H3. The lowest BCUT2D eigenvalue weighted by molar-refractivity contribution is 0.296. The van der Waals surface area contributed by atoms with Crippen LogP contribution in [0.15, 0.2) is 28.0 Å². The van der Waals surface area contributed by atoms with E-state index >= 15 is 0 Å². The molecule has 1 aromatic carbocycles. The van der Waals surface area contributed by atoms with Gasteiger partial charge < -0.3 is 10.8 Å². The third-order valence-corrected chi connectivity index (χ3v) is 4.89. The minimum atomic E-state index is -3.45. The molecule has 0 fully saturated rings. The Bertz CT molecular complexity index is 489. The molecule has 0 aromatic heterocycles. The summed E-state index contributed by atoms with van der Waals surface area (Å²) >= 11 is 1.44. The Morgan fingerprint density at radius 2 is 2.17 bits per heavy atom. The van der Waals surface area contributed by atoms with E-state index in [-0.39, 0.29) is 11.5 Å². The minimum absolute atomic E-state index is 0.113. The van der Waals surface area contributed by atoms with Crippen LogP contribution in [0, 0.1) is 0 Å². The van der Waals surface area contributed by atoms with Crippen LogP contribution < -0.4 is 10.5 Å².